The van der Waals surface area contributed by atoms with Gasteiger partial charge in [0.2, 0.25) is 0 Å². The molecule has 0 aliphatic rings. The van der Waals surface area contributed by atoms with E-state index >= 15 is 0 Å². The molecular formula is C9H12FN3O2. The molecule has 1 aromatic rings. The molecule has 0 aliphatic carbocycles. The van der Waals surface area contributed by atoms with Crippen molar-refractivity contribution in [2.45, 2.75) is 26.3 Å². The van der Waals surface area contributed by atoms with Crippen LogP contribution in [0.1, 0.15) is 19.5 Å². The van der Waals surface area contributed by atoms with Crippen LogP contribution in [0.15, 0.2) is 6.33 Å². The maximum absolute atomic E-state index is 13.4. The summed E-state index contributed by atoms with van der Waals surface area (Å²) in [6, 6.07) is 0. The Morgan fingerprint density at radius 1 is 1.53 bits per heavy atom. The number of nitrogens with one attached hydrogen (secondary N) is 1. The van der Waals surface area contributed by atoms with Gasteiger partial charge in [-0.25, -0.2) is 19.2 Å². The number of hydrogen-bond donors (Lipinski definition) is 2. The molecule has 1 rings (SSSR count). The number of aliphatic carboxylic acids is 1. The maximum Gasteiger partial charge on any atom is 0.328 e. The lowest BCUT2D eigenvalue weighted by Crippen LogP contribution is -2.40. The van der Waals surface area contributed by atoms with Crippen LogP contribution in [0.4, 0.5) is 10.2 Å². The Bertz CT molecular complexity index is 393. The summed E-state index contributed by atoms with van der Waals surface area (Å²) in [6.07, 6.45) is 1.18. The van der Waals surface area contributed by atoms with Gasteiger partial charge in [-0.15, -0.1) is 0 Å². The second-order valence-electron chi connectivity index (χ2n) is 3.68. The van der Waals surface area contributed by atoms with E-state index < -0.39 is 17.3 Å². The summed E-state index contributed by atoms with van der Waals surface area (Å²) in [5.74, 6) is -1.82. The number of rotatable bonds is 3. The molecule has 0 aromatic carbocycles. The fourth-order valence-electron chi connectivity index (χ4n) is 0.895. The molecule has 0 spiro atoms. The lowest BCUT2D eigenvalue weighted by Gasteiger charge is -2.21. The van der Waals surface area contributed by atoms with Crippen molar-refractivity contribution < 1.29 is 14.3 Å². The average Bonchev–Trinajstić information content (AvgIpc) is 2.12. The van der Waals surface area contributed by atoms with Crippen LogP contribution >= 0.6 is 0 Å². The number of nitrogens with zero attached hydrogens (tertiary/aromatic N) is 2. The fourth-order valence-corrected chi connectivity index (χ4v) is 0.895. The van der Waals surface area contributed by atoms with Gasteiger partial charge >= 0.3 is 5.97 Å². The van der Waals surface area contributed by atoms with Gasteiger partial charge in [0.15, 0.2) is 11.6 Å². The van der Waals surface area contributed by atoms with Crippen molar-refractivity contribution in [1.82, 2.24) is 9.97 Å². The standard InChI is InChI=1S/C9H12FN3O2/c1-5-6(10)7(12-4-11-5)13-9(2,3)8(14)15/h4H,1-3H3,(H,14,15)(H,11,12,13). The summed E-state index contributed by atoms with van der Waals surface area (Å²) in [6.45, 7) is 4.33. The Kier molecular flexibility index (Phi) is 2.88. The largest absolute Gasteiger partial charge is 0.480 e. The summed E-state index contributed by atoms with van der Waals surface area (Å²) in [4.78, 5) is 18.1. The molecule has 15 heavy (non-hydrogen) atoms. The number of carboxylic acid groups (broad SMARTS) is 1. The van der Waals surface area contributed by atoms with Gasteiger partial charge in [-0.3, -0.25) is 0 Å². The molecule has 1 aromatic heterocycles. The van der Waals surface area contributed by atoms with E-state index in [-0.39, 0.29) is 11.5 Å². The molecule has 0 saturated heterocycles. The predicted molar refractivity (Wildman–Crippen MR) is 52.1 cm³/mol. The summed E-state index contributed by atoms with van der Waals surface area (Å²) < 4.78 is 13.4. The quantitative estimate of drug-likeness (QED) is 0.789. The predicted octanol–water partition coefficient (Wildman–Crippen LogP) is 1.20. The van der Waals surface area contributed by atoms with Crippen LogP contribution in [0, 0.1) is 12.7 Å². The number of carbonyl (C=O) groups is 1. The van der Waals surface area contributed by atoms with Crippen LogP contribution < -0.4 is 5.32 Å². The molecule has 82 valence electrons. The minimum atomic E-state index is -1.28. The highest BCUT2D eigenvalue weighted by Crippen LogP contribution is 2.17. The van der Waals surface area contributed by atoms with Crippen LogP contribution in [0.2, 0.25) is 0 Å². The third kappa shape index (κ3) is 2.39. The smallest absolute Gasteiger partial charge is 0.328 e. The van der Waals surface area contributed by atoms with Crippen LogP contribution in [-0.4, -0.2) is 26.6 Å². The molecule has 0 saturated carbocycles. The lowest BCUT2D eigenvalue weighted by atomic mass is 10.1. The second-order valence-corrected chi connectivity index (χ2v) is 3.68. The minimum absolute atomic E-state index is 0.102. The van der Waals surface area contributed by atoms with Crippen molar-refractivity contribution in [1.29, 1.82) is 0 Å². The van der Waals surface area contributed by atoms with Gasteiger partial charge in [-0.1, -0.05) is 0 Å². The van der Waals surface area contributed by atoms with Crippen LogP contribution in [0.5, 0.6) is 0 Å². The van der Waals surface area contributed by atoms with Crippen LogP contribution in [0.3, 0.4) is 0 Å². The lowest BCUT2D eigenvalue weighted by molar-refractivity contribution is -0.141. The SMILES string of the molecule is Cc1ncnc(NC(C)(C)C(=O)O)c1F. The van der Waals surface area contributed by atoms with E-state index in [0.717, 1.165) is 0 Å². The zero-order chi connectivity index (χ0) is 11.6. The van der Waals surface area contributed by atoms with E-state index in [9.17, 15) is 9.18 Å². The summed E-state index contributed by atoms with van der Waals surface area (Å²) in [5.41, 5.74) is -1.10. The highest BCUT2D eigenvalue weighted by Gasteiger charge is 2.28. The van der Waals surface area contributed by atoms with Crippen LogP contribution in [-0.2, 0) is 4.79 Å². The Labute approximate surface area is 86.4 Å². The monoisotopic (exact) mass is 213 g/mol. The van der Waals surface area contributed by atoms with E-state index in [1.54, 1.807) is 0 Å². The summed E-state index contributed by atoms with van der Waals surface area (Å²) in [5, 5.41) is 11.3. The molecule has 0 atom stereocenters. The molecule has 0 fully saturated rings. The van der Waals surface area contributed by atoms with E-state index in [1.807, 2.05) is 0 Å². The first-order valence-corrected chi connectivity index (χ1v) is 4.33. The van der Waals surface area contributed by atoms with E-state index in [1.165, 1.54) is 27.1 Å². The fraction of sp³-hybridized carbons (Fsp3) is 0.444. The summed E-state index contributed by atoms with van der Waals surface area (Å²) >= 11 is 0. The van der Waals surface area contributed by atoms with Crippen molar-refractivity contribution in [3.05, 3.63) is 17.8 Å². The summed E-state index contributed by atoms with van der Waals surface area (Å²) in [7, 11) is 0. The Balaban J connectivity index is 3.00. The number of hydrogen-bond acceptors (Lipinski definition) is 4. The van der Waals surface area contributed by atoms with Gasteiger partial charge in [0.25, 0.3) is 0 Å². The molecule has 0 unspecified atom stereocenters. The number of anilines is 1. The number of aromatic nitrogens is 2. The zero-order valence-corrected chi connectivity index (χ0v) is 8.71. The second kappa shape index (κ2) is 3.80. The van der Waals surface area contributed by atoms with Gasteiger partial charge < -0.3 is 10.4 Å². The maximum atomic E-state index is 13.4. The zero-order valence-electron chi connectivity index (χ0n) is 8.71. The van der Waals surface area contributed by atoms with Crippen molar-refractivity contribution in [2.75, 3.05) is 5.32 Å². The molecule has 0 amide bonds. The molecule has 0 bridgehead atoms. The first-order chi connectivity index (χ1) is 6.84. The Hall–Kier alpha value is -1.72. The molecule has 6 heteroatoms. The molecule has 1 heterocycles. The van der Waals surface area contributed by atoms with E-state index in [2.05, 4.69) is 15.3 Å². The highest BCUT2D eigenvalue weighted by atomic mass is 19.1. The first-order valence-electron chi connectivity index (χ1n) is 4.33. The van der Waals surface area contributed by atoms with Crippen molar-refractivity contribution in [3.8, 4) is 0 Å². The molecule has 0 radical (unpaired) electrons. The Morgan fingerprint density at radius 3 is 2.67 bits per heavy atom. The topological polar surface area (TPSA) is 75.1 Å². The normalized spacial score (nSPS) is 11.2. The molecule has 0 aliphatic heterocycles. The minimum Gasteiger partial charge on any atom is -0.480 e. The molecule has 2 N–H and O–H groups in total. The van der Waals surface area contributed by atoms with E-state index in [4.69, 9.17) is 5.11 Å². The van der Waals surface area contributed by atoms with Crippen LogP contribution in [0.25, 0.3) is 0 Å². The first kappa shape index (κ1) is 11.4. The number of aryl methyl sites for hydroxylation is 1. The third-order valence-corrected chi connectivity index (χ3v) is 1.93. The highest BCUT2D eigenvalue weighted by molar-refractivity contribution is 5.81. The van der Waals surface area contributed by atoms with Gasteiger partial charge in [-0.05, 0) is 20.8 Å². The number of halogens is 1. The number of carboxylic acids is 1. The van der Waals surface area contributed by atoms with Gasteiger partial charge in [0.1, 0.15) is 11.9 Å². The third-order valence-electron chi connectivity index (χ3n) is 1.93. The molecular weight excluding hydrogens is 201 g/mol. The van der Waals surface area contributed by atoms with Crippen molar-refractivity contribution in [2.24, 2.45) is 0 Å². The average molecular weight is 213 g/mol. The molecule has 5 nitrogen and oxygen atoms in total. The van der Waals surface area contributed by atoms with Gasteiger partial charge in [-0.2, -0.15) is 0 Å². The Morgan fingerprint density at radius 2 is 2.13 bits per heavy atom. The van der Waals surface area contributed by atoms with Gasteiger partial charge in [0.05, 0.1) is 5.69 Å². The van der Waals surface area contributed by atoms with Crippen molar-refractivity contribution >= 4 is 11.8 Å². The van der Waals surface area contributed by atoms with E-state index in [0.29, 0.717) is 0 Å². The van der Waals surface area contributed by atoms with Gasteiger partial charge in [0, 0.05) is 0 Å². The van der Waals surface area contributed by atoms with Crippen molar-refractivity contribution in [3.63, 3.8) is 0 Å².